The van der Waals surface area contributed by atoms with E-state index in [4.69, 9.17) is 30.3 Å². The highest BCUT2D eigenvalue weighted by atomic mass is 32.4. The van der Waals surface area contributed by atoms with E-state index in [-0.39, 0.29) is 23.2 Å². The van der Waals surface area contributed by atoms with E-state index < -0.39 is 7.15 Å². The number of hydrogen-bond donors (Lipinski definition) is 0. The van der Waals surface area contributed by atoms with Crippen LogP contribution in [-0.2, 0) is 27.6 Å². The van der Waals surface area contributed by atoms with Gasteiger partial charge in [-0.05, 0) is 20.3 Å². The number of rotatable bonds is 11. The lowest BCUT2D eigenvalue weighted by Crippen LogP contribution is -2.24. The molecule has 0 saturated heterocycles. The van der Waals surface area contributed by atoms with Crippen LogP contribution < -0.4 is 14.8 Å². The molecular formula is C14H24N2O5PS+. The molecule has 0 saturated carbocycles. The van der Waals surface area contributed by atoms with Crippen molar-refractivity contribution in [1.82, 2.24) is 9.78 Å². The van der Waals surface area contributed by atoms with Crippen LogP contribution in [0.25, 0.3) is 0 Å². The van der Waals surface area contributed by atoms with Crippen LogP contribution in [0.5, 0.6) is 11.5 Å². The highest BCUT2D eigenvalue weighted by molar-refractivity contribution is 8.00. The zero-order valence-corrected chi connectivity index (χ0v) is 15.7. The van der Waals surface area contributed by atoms with Crippen molar-refractivity contribution in [2.24, 2.45) is 0 Å². The Morgan fingerprint density at radius 2 is 2.17 bits per heavy atom. The molecule has 130 valence electrons. The molecule has 0 spiro atoms. The first-order valence-corrected chi connectivity index (χ1v) is 9.76. The molecule has 1 heterocycles. The number of nitrogens with zero attached hydrogens (tertiary/aromatic N) is 2. The van der Waals surface area contributed by atoms with E-state index in [1.807, 2.05) is 20.8 Å². The van der Waals surface area contributed by atoms with Gasteiger partial charge in [0.1, 0.15) is 6.10 Å². The molecule has 0 aliphatic heterocycles. The molecule has 0 radical (unpaired) electrons. The van der Waals surface area contributed by atoms with Crippen molar-refractivity contribution in [3.8, 4) is 11.5 Å². The summed E-state index contributed by atoms with van der Waals surface area (Å²) in [5, 5.41) is 4.09. The zero-order chi connectivity index (χ0) is 17.2. The minimum Gasteiger partial charge on any atom is -0.488 e. The van der Waals surface area contributed by atoms with Crippen molar-refractivity contribution in [1.29, 1.82) is 0 Å². The topological polar surface area (TPSA) is 71.8 Å². The molecule has 0 aliphatic carbocycles. The Balaban J connectivity index is 2.78. The molecule has 1 aromatic heterocycles. The lowest BCUT2D eigenvalue weighted by atomic mass is 10.3. The number of hydrogen-bond acceptors (Lipinski definition) is 7. The summed E-state index contributed by atoms with van der Waals surface area (Å²) in [6.07, 6.45) is 3.08. The minimum atomic E-state index is -1.63. The Kier molecular flexibility index (Phi) is 9.24. The first-order chi connectivity index (χ1) is 11.0. The number of unbranched alkanes of at least 4 members (excludes halogenated alkanes) is 1. The smallest absolute Gasteiger partial charge is 0.488 e. The van der Waals surface area contributed by atoms with Gasteiger partial charge in [-0.25, -0.2) is 9.21 Å². The lowest BCUT2D eigenvalue weighted by molar-refractivity contribution is 0.0696. The Morgan fingerprint density at radius 3 is 2.78 bits per heavy atom. The van der Waals surface area contributed by atoms with Crippen LogP contribution in [0.2, 0.25) is 0 Å². The third-order valence-electron chi connectivity index (χ3n) is 2.89. The fourth-order valence-corrected chi connectivity index (χ4v) is 3.11. The van der Waals surface area contributed by atoms with Gasteiger partial charge in [0.2, 0.25) is 17.6 Å². The van der Waals surface area contributed by atoms with Gasteiger partial charge in [0, 0.05) is 13.2 Å². The van der Waals surface area contributed by atoms with Crippen LogP contribution in [0.15, 0.2) is 11.0 Å². The maximum Gasteiger partial charge on any atom is 0.574 e. The van der Waals surface area contributed by atoms with Crippen molar-refractivity contribution >= 4 is 19.0 Å². The second-order valence-corrected chi connectivity index (χ2v) is 6.55. The van der Waals surface area contributed by atoms with Crippen molar-refractivity contribution in [2.45, 2.75) is 46.3 Å². The highest BCUT2D eigenvalue weighted by Gasteiger charge is 2.25. The second kappa shape index (κ2) is 10.6. The summed E-state index contributed by atoms with van der Waals surface area (Å²) in [6, 6.07) is 0. The van der Waals surface area contributed by atoms with Crippen LogP contribution in [0, 0.1) is 0 Å². The van der Waals surface area contributed by atoms with Crippen molar-refractivity contribution in [3.63, 3.8) is 0 Å². The zero-order valence-electron chi connectivity index (χ0n) is 14.0. The SMILES string of the molecule is CCCCn1ncc(O[P+](=S)OC(C)COCC)c(OC)c1=O. The van der Waals surface area contributed by atoms with Crippen LogP contribution >= 0.6 is 7.15 Å². The third kappa shape index (κ3) is 6.51. The van der Waals surface area contributed by atoms with Gasteiger partial charge in [-0.3, -0.25) is 4.79 Å². The predicted octanol–water partition coefficient (Wildman–Crippen LogP) is 2.65. The average molecular weight is 363 g/mol. The molecular weight excluding hydrogens is 339 g/mol. The van der Waals surface area contributed by atoms with E-state index >= 15 is 0 Å². The normalized spacial score (nSPS) is 12.8. The molecule has 1 rings (SSSR count). The van der Waals surface area contributed by atoms with Gasteiger partial charge in [0.05, 0.1) is 19.9 Å². The molecule has 0 N–H and O–H groups in total. The Bertz CT molecular complexity index is 567. The van der Waals surface area contributed by atoms with Gasteiger partial charge in [-0.2, -0.15) is 5.10 Å². The van der Waals surface area contributed by atoms with E-state index in [9.17, 15) is 4.79 Å². The van der Waals surface area contributed by atoms with Gasteiger partial charge >= 0.3 is 12.7 Å². The van der Waals surface area contributed by atoms with Crippen molar-refractivity contribution < 1.29 is 18.5 Å². The maximum absolute atomic E-state index is 12.3. The summed E-state index contributed by atoms with van der Waals surface area (Å²) in [7, 11) is -0.218. The first-order valence-electron chi connectivity index (χ1n) is 7.57. The highest BCUT2D eigenvalue weighted by Crippen LogP contribution is 2.33. The van der Waals surface area contributed by atoms with Gasteiger partial charge in [0.25, 0.3) is 5.75 Å². The van der Waals surface area contributed by atoms with Crippen LogP contribution in [-0.4, -0.2) is 36.2 Å². The number of ether oxygens (including phenoxy) is 2. The number of aryl methyl sites for hydroxylation is 1. The van der Waals surface area contributed by atoms with E-state index in [0.717, 1.165) is 12.8 Å². The number of aromatic nitrogens is 2. The van der Waals surface area contributed by atoms with Gasteiger partial charge < -0.3 is 9.47 Å². The van der Waals surface area contributed by atoms with E-state index in [1.165, 1.54) is 18.0 Å². The van der Waals surface area contributed by atoms with Gasteiger partial charge in [-0.1, -0.05) is 13.3 Å². The summed E-state index contributed by atoms with van der Waals surface area (Å²) in [5.74, 6) is 0.296. The van der Waals surface area contributed by atoms with Crippen LogP contribution in [0.4, 0.5) is 0 Å². The predicted molar refractivity (Wildman–Crippen MR) is 91.9 cm³/mol. The Morgan fingerprint density at radius 1 is 1.43 bits per heavy atom. The molecule has 2 unspecified atom stereocenters. The largest absolute Gasteiger partial charge is 0.574 e. The second-order valence-electron chi connectivity index (χ2n) is 4.81. The summed E-state index contributed by atoms with van der Waals surface area (Å²) in [4.78, 5) is 12.3. The third-order valence-corrected chi connectivity index (χ3v) is 4.25. The quantitative estimate of drug-likeness (QED) is 0.560. The first kappa shape index (κ1) is 20.0. The van der Waals surface area contributed by atoms with Crippen molar-refractivity contribution in [3.05, 3.63) is 16.6 Å². The maximum atomic E-state index is 12.3. The fraction of sp³-hybridized carbons (Fsp3) is 0.714. The molecule has 2 atom stereocenters. The van der Waals surface area contributed by atoms with Gasteiger partial charge in [-0.15, -0.1) is 4.52 Å². The van der Waals surface area contributed by atoms with Crippen LogP contribution in [0.1, 0.15) is 33.6 Å². The van der Waals surface area contributed by atoms with Crippen LogP contribution in [0.3, 0.4) is 0 Å². The fourth-order valence-electron chi connectivity index (χ4n) is 1.74. The molecule has 0 amide bonds. The van der Waals surface area contributed by atoms with Gasteiger partial charge in [0.15, 0.2) is 0 Å². The molecule has 1 aromatic rings. The summed E-state index contributed by atoms with van der Waals surface area (Å²) in [6.45, 7) is 7.38. The van der Waals surface area contributed by atoms with E-state index in [1.54, 1.807) is 0 Å². The molecule has 7 nitrogen and oxygen atoms in total. The molecule has 23 heavy (non-hydrogen) atoms. The minimum absolute atomic E-state index is 0.0921. The summed E-state index contributed by atoms with van der Waals surface area (Å²) < 4.78 is 22.8. The Hall–Kier alpha value is -1.08. The molecule has 9 heteroatoms. The van der Waals surface area contributed by atoms with Crippen molar-refractivity contribution in [2.75, 3.05) is 20.3 Å². The van der Waals surface area contributed by atoms with E-state index in [0.29, 0.717) is 19.8 Å². The molecule has 0 aliphatic rings. The number of methoxy groups -OCH3 is 1. The lowest BCUT2D eigenvalue weighted by Gasteiger charge is -2.08. The molecule has 0 aromatic carbocycles. The average Bonchev–Trinajstić information content (AvgIpc) is 2.52. The molecule has 0 bridgehead atoms. The summed E-state index contributed by atoms with van der Waals surface area (Å²) in [5.41, 5.74) is -0.334. The summed E-state index contributed by atoms with van der Waals surface area (Å²) >= 11 is 5.17. The van der Waals surface area contributed by atoms with E-state index in [2.05, 4.69) is 5.10 Å². The monoisotopic (exact) mass is 363 g/mol. The standard InChI is InChI=1S/C14H24N2O5PS/c1-5-7-8-16-14(17)13(18-4)12(9-15-16)21-22(23)20-11(3)10-19-6-2/h9,11H,5-8,10H2,1-4H3/q+1. The Labute approximate surface area is 142 Å². The molecule has 0 fully saturated rings.